The fourth-order valence-corrected chi connectivity index (χ4v) is 2.12. The highest BCUT2D eigenvalue weighted by Crippen LogP contribution is 2.06. The first-order valence-electron chi connectivity index (χ1n) is 6.56. The number of carbonyl (C=O) groups is 1. The van der Waals surface area contributed by atoms with Gasteiger partial charge in [-0.2, -0.15) is 4.98 Å². The molecule has 0 saturated carbocycles. The number of aliphatic hydroxyl groups excluding tert-OH is 1. The Morgan fingerprint density at radius 3 is 2.75 bits per heavy atom. The van der Waals surface area contributed by atoms with Crippen LogP contribution in [0.3, 0.4) is 0 Å². The molecule has 7 heteroatoms. The smallest absolute Gasteiger partial charge is 0.291 e. The molecular formula is C13H19N5O2. The van der Waals surface area contributed by atoms with E-state index in [1.54, 1.807) is 11.4 Å². The van der Waals surface area contributed by atoms with E-state index in [-0.39, 0.29) is 17.8 Å². The minimum Gasteiger partial charge on any atom is -0.393 e. The Hall–Kier alpha value is -2.02. The van der Waals surface area contributed by atoms with E-state index in [0.717, 1.165) is 11.4 Å². The molecule has 0 aliphatic carbocycles. The van der Waals surface area contributed by atoms with Crippen LogP contribution in [0.4, 0.5) is 0 Å². The summed E-state index contributed by atoms with van der Waals surface area (Å²) < 4.78 is 1.54. The molecule has 0 aromatic carbocycles. The van der Waals surface area contributed by atoms with E-state index < -0.39 is 6.10 Å². The van der Waals surface area contributed by atoms with E-state index in [0.29, 0.717) is 12.2 Å². The first-order chi connectivity index (χ1) is 9.36. The average Bonchev–Trinajstić information content (AvgIpc) is 2.71. The van der Waals surface area contributed by atoms with Crippen LogP contribution in [0.2, 0.25) is 0 Å². The number of carbonyl (C=O) groups excluding carboxylic acids is 1. The summed E-state index contributed by atoms with van der Waals surface area (Å²) in [5, 5.41) is 16.2. The van der Waals surface area contributed by atoms with Crippen molar-refractivity contribution in [3.63, 3.8) is 0 Å². The molecule has 0 saturated heterocycles. The van der Waals surface area contributed by atoms with Gasteiger partial charge in [0.05, 0.1) is 6.10 Å². The minimum atomic E-state index is -0.467. The predicted octanol–water partition coefficient (Wildman–Crippen LogP) is 0.630. The quantitative estimate of drug-likeness (QED) is 0.855. The molecule has 2 aromatic heterocycles. The SMILES string of the molecule is Cc1cc(C)n2nc(C(=O)NC(C)CC(C)O)nc2n1. The summed E-state index contributed by atoms with van der Waals surface area (Å²) in [5.41, 5.74) is 1.70. The summed E-state index contributed by atoms with van der Waals surface area (Å²) in [6, 6.07) is 1.73. The summed E-state index contributed by atoms with van der Waals surface area (Å²) >= 11 is 0. The molecule has 0 bridgehead atoms. The van der Waals surface area contributed by atoms with Crippen LogP contribution < -0.4 is 5.32 Å². The van der Waals surface area contributed by atoms with Gasteiger partial charge in [-0.05, 0) is 40.2 Å². The van der Waals surface area contributed by atoms with E-state index >= 15 is 0 Å². The molecule has 108 valence electrons. The molecule has 0 radical (unpaired) electrons. The van der Waals surface area contributed by atoms with Gasteiger partial charge >= 0.3 is 0 Å². The van der Waals surface area contributed by atoms with E-state index in [1.165, 1.54) is 0 Å². The number of hydrogen-bond acceptors (Lipinski definition) is 5. The van der Waals surface area contributed by atoms with E-state index in [9.17, 15) is 9.90 Å². The molecule has 0 fully saturated rings. The second-order valence-electron chi connectivity index (χ2n) is 5.15. The van der Waals surface area contributed by atoms with Crippen molar-refractivity contribution in [1.82, 2.24) is 24.9 Å². The summed E-state index contributed by atoms with van der Waals surface area (Å²) in [6.07, 6.45) is 0.0149. The Kier molecular flexibility index (Phi) is 3.99. The molecule has 2 aromatic rings. The third-order valence-corrected chi connectivity index (χ3v) is 2.89. The summed E-state index contributed by atoms with van der Waals surface area (Å²) in [5.74, 6) is 0.139. The van der Waals surface area contributed by atoms with Crippen LogP contribution in [0.1, 0.15) is 42.3 Å². The molecule has 1 amide bonds. The monoisotopic (exact) mass is 277 g/mol. The van der Waals surface area contributed by atoms with Crippen LogP contribution in [0.5, 0.6) is 0 Å². The average molecular weight is 277 g/mol. The highest BCUT2D eigenvalue weighted by Gasteiger charge is 2.17. The Bertz CT molecular complexity index is 635. The van der Waals surface area contributed by atoms with Crippen molar-refractivity contribution in [2.75, 3.05) is 0 Å². The molecule has 20 heavy (non-hydrogen) atoms. The summed E-state index contributed by atoms with van der Waals surface area (Å²) in [7, 11) is 0. The maximum Gasteiger partial charge on any atom is 0.291 e. The number of nitrogens with zero attached hydrogens (tertiary/aromatic N) is 4. The Morgan fingerprint density at radius 2 is 2.10 bits per heavy atom. The predicted molar refractivity (Wildman–Crippen MR) is 73.5 cm³/mol. The minimum absolute atomic E-state index is 0.0867. The van der Waals surface area contributed by atoms with E-state index in [1.807, 2.05) is 26.8 Å². The highest BCUT2D eigenvalue weighted by molar-refractivity contribution is 5.91. The van der Waals surface area contributed by atoms with Gasteiger partial charge in [-0.1, -0.05) is 0 Å². The maximum absolute atomic E-state index is 12.0. The number of aryl methyl sites for hydroxylation is 2. The number of aliphatic hydroxyl groups is 1. The first-order valence-corrected chi connectivity index (χ1v) is 6.56. The molecule has 2 rings (SSSR count). The van der Waals surface area contributed by atoms with Crippen molar-refractivity contribution in [3.8, 4) is 0 Å². The molecule has 0 spiro atoms. The van der Waals surface area contributed by atoms with Gasteiger partial charge in [-0.15, -0.1) is 5.10 Å². The zero-order valence-electron chi connectivity index (χ0n) is 12.1. The molecule has 2 unspecified atom stereocenters. The Labute approximate surface area is 117 Å². The van der Waals surface area contributed by atoms with Crippen LogP contribution in [-0.2, 0) is 0 Å². The lowest BCUT2D eigenvalue weighted by Crippen LogP contribution is -2.35. The molecule has 7 nitrogen and oxygen atoms in total. The molecule has 2 atom stereocenters. The standard InChI is InChI=1S/C13H19N5O2/c1-7-5-9(3)18-13(15-7)16-11(17-18)12(20)14-8(2)6-10(4)19/h5,8,10,19H,6H2,1-4H3,(H,14,20). The van der Waals surface area contributed by atoms with Gasteiger partial charge in [0.25, 0.3) is 11.7 Å². The second-order valence-corrected chi connectivity index (χ2v) is 5.15. The second kappa shape index (κ2) is 5.54. The van der Waals surface area contributed by atoms with Crippen LogP contribution in [0.25, 0.3) is 5.78 Å². The van der Waals surface area contributed by atoms with Gasteiger partial charge in [0, 0.05) is 17.4 Å². The van der Waals surface area contributed by atoms with Crippen molar-refractivity contribution >= 4 is 11.7 Å². The zero-order chi connectivity index (χ0) is 14.9. The van der Waals surface area contributed by atoms with Gasteiger partial charge in [0.15, 0.2) is 0 Å². The summed E-state index contributed by atoms with van der Waals surface area (Å²) in [6.45, 7) is 7.26. The molecule has 2 N–H and O–H groups in total. The summed E-state index contributed by atoms with van der Waals surface area (Å²) in [4.78, 5) is 20.4. The number of nitrogens with one attached hydrogen (secondary N) is 1. The third-order valence-electron chi connectivity index (χ3n) is 2.89. The molecule has 0 aliphatic rings. The lowest BCUT2D eigenvalue weighted by Gasteiger charge is -2.13. The van der Waals surface area contributed by atoms with E-state index in [4.69, 9.17) is 0 Å². The van der Waals surface area contributed by atoms with Crippen LogP contribution in [0, 0.1) is 13.8 Å². The Morgan fingerprint density at radius 1 is 1.40 bits per heavy atom. The van der Waals surface area contributed by atoms with Crippen molar-refractivity contribution in [1.29, 1.82) is 0 Å². The zero-order valence-corrected chi connectivity index (χ0v) is 12.1. The van der Waals surface area contributed by atoms with Crippen molar-refractivity contribution in [2.45, 2.75) is 46.3 Å². The Balaban J connectivity index is 2.21. The third kappa shape index (κ3) is 3.11. The van der Waals surface area contributed by atoms with Gasteiger partial charge in [-0.25, -0.2) is 9.50 Å². The molecular weight excluding hydrogens is 258 g/mol. The lowest BCUT2D eigenvalue weighted by molar-refractivity contribution is 0.0913. The first kappa shape index (κ1) is 14.4. The van der Waals surface area contributed by atoms with Gasteiger partial charge in [0.1, 0.15) is 0 Å². The van der Waals surface area contributed by atoms with Crippen molar-refractivity contribution in [2.24, 2.45) is 0 Å². The normalized spacial score (nSPS) is 14.2. The number of rotatable bonds is 4. The van der Waals surface area contributed by atoms with Crippen molar-refractivity contribution < 1.29 is 9.90 Å². The largest absolute Gasteiger partial charge is 0.393 e. The fraction of sp³-hybridized carbons (Fsp3) is 0.538. The van der Waals surface area contributed by atoms with Crippen LogP contribution in [0.15, 0.2) is 6.07 Å². The highest BCUT2D eigenvalue weighted by atomic mass is 16.3. The topological polar surface area (TPSA) is 92.4 Å². The van der Waals surface area contributed by atoms with Gasteiger partial charge in [0.2, 0.25) is 5.82 Å². The molecule has 2 heterocycles. The van der Waals surface area contributed by atoms with Crippen LogP contribution in [-0.4, -0.2) is 42.7 Å². The fourth-order valence-electron chi connectivity index (χ4n) is 2.12. The van der Waals surface area contributed by atoms with Crippen LogP contribution >= 0.6 is 0 Å². The van der Waals surface area contributed by atoms with E-state index in [2.05, 4.69) is 20.4 Å². The van der Waals surface area contributed by atoms with Gasteiger partial charge in [-0.3, -0.25) is 4.79 Å². The number of aromatic nitrogens is 4. The lowest BCUT2D eigenvalue weighted by atomic mass is 10.1. The number of hydrogen-bond donors (Lipinski definition) is 2. The number of fused-ring (bicyclic) bond motifs is 1. The number of amides is 1. The van der Waals surface area contributed by atoms with Gasteiger partial charge < -0.3 is 10.4 Å². The molecule has 0 aliphatic heterocycles. The maximum atomic E-state index is 12.0. The van der Waals surface area contributed by atoms with Crippen molar-refractivity contribution in [3.05, 3.63) is 23.3 Å².